The molecular formula is C14H19N3O3. The number of non-ortho nitro benzene ring substituents is 1. The fourth-order valence-electron chi connectivity index (χ4n) is 1.93. The van der Waals surface area contributed by atoms with Crippen molar-refractivity contribution in [3.05, 3.63) is 33.9 Å². The van der Waals surface area contributed by atoms with E-state index in [1.165, 1.54) is 12.1 Å². The molecule has 1 aromatic rings. The number of ether oxygens (including phenoxy) is 1. The first-order valence-corrected chi connectivity index (χ1v) is 6.42. The molecule has 0 saturated carbocycles. The van der Waals surface area contributed by atoms with Crippen molar-refractivity contribution < 1.29 is 9.66 Å². The summed E-state index contributed by atoms with van der Waals surface area (Å²) >= 11 is 0. The summed E-state index contributed by atoms with van der Waals surface area (Å²) in [4.78, 5) is 12.5. The van der Waals surface area contributed by atoms with Gasteiger partial charge < -0.3 is 4.74 Å². The van der Waals surface area contributed by atoms with E-state index < -0.39 is 4.92 Å². The van der Waals surface area contributed by atoms with Crippen LogP contribution in [0.4, 0.5) is 5.69 Å². The Morgan fingerprint density at radius 3 is 2.70 bits per heavy atom. The molecule has 0 N–H and O–H groups in total. The Labute approximate surface area is 118 Å². The molecule has 0 aromatic heterocycles. The van der Waals surface area contributed by atoms with Crippen LogP contribution in [-0.4, -0.2) is 29.5 Å². The minimum atomic E-state index is -0.419. The van der Waals surface area contributed by atoms with Crippen LogP contribution in [0.15, 0.2) is 18.2 Å². The zero-order valence-corrected chi connectivity index (χ0v) is 12.0. The largest absolute Gasteiger partial charge is 0.496 e. The van der Waals surface area contributed by atoms with E-state index in [2.05, 4.69) is 11.0 Å². The molecule has 0 saturated heterocycles. The molecule has 0 aliphatic rings. The summed E-state index contributed by atoms with van der Waals surface area (Å²) in [6.07, 6.45) is 0.426. The van der Waals surface area contributed by atoms with Crippen LogP contribution >= 0.6 is 0 Å². The third kappa shape index (κ3) is 4.21. The van der Waals surface area contributed by atoms with E-state index in [0.717, 1.165) is 5.56 Å². The monoisotopic (exact) mass is 277 g/mol. The Morgan fingerprint density at radius 1 is 1.50 bits per heavy atom. The van der Waals surface area contributed by atoms with Gasteiger partial charge in [-0.1, -0.05) is 0 Å². The molecule has 0 fully saturated rings. The Balaban J connectivity index is 3.00. The lowest BCUT2D eigenvalue weighted by atomic mass is 10.1. The van der Waals surface area contributed by atoms with E-state index in [0.29, 0.717) is 25.3 Å². The van der Waals surface area contributed by atoms with Crippen LogP contribution < -0.4 is 4.74 Å². The second-order valence-corrected chi connectivity index (χ2v) is 4.73. The van der Waals surface area contributed by atoms with Crippen LogP contribution in [0.5, 0.6) is 5.75 Å². The Morgan fingerprint density at radius 2 is 2.20 bits per heavy atom. The average molecular weight is 277 g/mol. The van der Waals surface area contributed by atoms with Crippen molar-refractivity contribution in [3.63, 3.8) is 0 Å². The lowest BCUT2D eigenvalue weighted by Crippen LogP contribution is -2.31. The molecule has 0 radical (unpaired) electrons. The van der Waals surface area contributed by atoms with Gasteiger partial charge in [-0.05, 0) is 19.9 Å². The normalized spacial score (nSPS) is 10.6. The number of rotatable bonds is 7. The Bertz CT molecular complexity index is 509. The van der Waals surface area contributed by atoms with Crippen molar-refractivity contribution in [2.75, 3.05) is 13.7 Å². The third-order valence-electron chi connectivity index (χ3n) is 3.09. The second-order valence-electron chi connectivity index (χ2n) is 4.73. The van der Waals surface area contributed by atoms with Gasteiger partial charge in [-0.15, -0.1) is 0 Å². The maximum Gasteiger partial charge on any atom is 0.270 e. The topological polar surface area (TPSA) is 79.4 Å². The van der Waals surface area contributed by atoms with Gasteiger partial charge in [0.15, 0.2) is 0 Å². The summed E-state index contributed by atoms with van der Waals surface area (Å²) < 4.78 is 5.25. The van der Waals surface area contributed by atoms with Crippen LogP contribution in [0.2, 0.25) is 0 Å². The molecule has 1 aromatic carbocycles. The van der Waals surface area contributed by atoms with E-state index in [1.807, 2.05) is 13.8 Å². The average Bonchev–Trinajstić information content (AvgIpc) is 2.42. The lowest BCUT2D eigenvalue weighted by Gasteiger charge is -2.26. The molecule has 0 aliphatic heterocycles. The van der Waals surface area contributed by atoms with Crippen LogP contribution in [0, 0.1) is 21.4 Å². The van der Waals surface area contributed by atoms with Crippen molar-refractivity contribution in [2.24, 2.45) is 0 Å². The van der Waals surface area contributed by atoms with E-state index in [1.54, 1.807) is 13.2 Å². The van der Waals surface area contributed by atoms with E-state index in [-0.39, 0.29) is 11.7 Å². The molecule has 0 heterocycles. The van der Waals surface area contributed by atoms with Gasteiger partial charge in [0.2, 0.25) is 0 Å². The van der Waals surface area contributed by atoms with Crippen molar-refractivity contribution in [1.82, 2.24) is 4.90 Å². The molecule has 0 atom stereocenters. The van der Waals surface area contributed by atoms with Crippen molar-refractivity contribution >= 4 is 5.69 Å². The zero-order valence-electron chi connectivity index (χ0n) is 12.0. The number of nitro groups is 1. The van der Waals surface area contributed by atoms with Gasteiger partial charge in [-0.3, -0.25) is 15.0 Å². The number of benzene rings is 1. The predicted molar refractivity (Wildman–Crippen MR) is 75.4 cm³/mol. The highest BCUT2D eigenvalue weighted by Crippen LogP contribution is 2.25. The minimum Gasteiger partial charge on any atom is -0.496 e. The summed E-state index contributed by atoms with van der Waals surface area (Å²) in [6.45, 7) is 5.20. The maximum absolute atomic E-state index is 10.9. The van der Waals surface area contributed by atoms with Crippen molar-refractivity contribution in [2.45, 2.75) is 32.9 Å². The number of hydrogen-bond acceptors (Lipinski definition) is 5. The van der Waals surface area contributed by atoms with Crippen LogP contribution in [-0.2, 0) is 6.54 Å². The molecule has 1 rings (SSSR count). The molecule has 108 valence electrons. The van der Waals surface area contributed by atoms with Crippen LogP contribution in [0.1, 0.15) is 25.8 Å². The fourth-order valence-corrected chi connectivity index (χ4v) is 1.93. The standard InChI is InChI=1S/C14H19N3O3/c1-11(2)16(8-4-7-15)10-12-9-13(17(18)19)5-6-14(12)20-3/h5-6,9,11H,4,8,10H2,1-3H3. The van der Waals surface area contributed by atoms with Gasteiger partial charge in [0.25, 0.3) is 5.69 Å². The van der Waals surface area contributed by atoms with E-state index in [4.69, 9.17) is 10.00 Å². The van der Waals surface area contributed by atoms with Gasteiger partial charge >= 0.3 is 0 Å². The molecule has 0 spiro atoms. The minimum absolute atomic E-state index is 0.0461. The summed E-state index contributed by atoms with van der Waals surface area (Å²) in [5, 5.41) is 19.5. The molecule has 0 amide bonds. The highest BCUT2D eigenvalue weighted by atomic mass is 16.6. The maximum atomic E-state index is 10.9. The fraction of sp³-hybridized carbons (Fsp3) is 0.500. The van der Waals surface area contributed by atoms with Gasteiger partial charge in [0.05, 0.1) is 18.1 Å². The second kappa shape index (κ2) is 7.46. The van der Waals surface area contributed by atoms with Crippen molar-refractivity contribution in [1.29, 1.82) is 5.26 Å². The first-order valence-electron chi connectivity index (χ1n) is 6.42. The van der Waals surface area contributed by atoms with Crippen LogP contribution in [0.25, 0.3) is 0 Å². The predicted octanol–water partition coefficient (Wildman–Crippen LogP) is 2.73. The van der Waals surface area contributed by atoms with Gasteiger partial charge in [-0.2, -0.15) is 5.26 Å². The highest BCUT2D eigenvalue weighted by Gasteiger charge is 2.16. The Kier molecular flexibility index (Phi) is 5.94. The summed E-state index contributed by atoms with van der Waals surface area (Å²) in [5.41, 5.74) is 0.804. The summed E-state index contributed by atoms with van der Waals surface area (Å²) in [7, 11) is 1.54. The summed E-state index contributed by atoms with van der Waals surface area (Å²) in [5.74, 6) is 0.623. The number of nitro benzene ring substituents is 1. The summed E-state index contributed by atoms with van der Waals surface area (Å²) in [6, 6.07) is 6.92. The molecule has 20 heavy (non-hydrogen) atoms. The first kappa shape index (κ1) is 15.9. The quantitative estimate of drug-likeness (QED) is 0.565. The lowest BCUT2D eigenvalue weighted by molar-refractivity contribution is -0.385. The number of nitriles is 1. The SMILES string of the molecule is COc1ccc([N+](=O)[O-])cc1CN(CCC#N)C(C)C. The van der Waals surface area contributed by atoms with E-state index in [9.17, 15) is 10.1 Å². The molecule has 0 aliphatic carbocycles. The molecule has 0 bridgehead atoms. The first-order chi connectivity index (χ1) is 9.49. The number of methoxy groups -OCH3 is 1. The zero-order chi connectivity index (χ0) is 15.1. The van der Waals surface area contributed by atoms with Gasteiger partial charge in [-0.25, -0.2) is 0 Å². The smallest absolute Gasteiger partial charge is 0.270 e. The third-order valence-corrected chi connectivity index (χ3v) is 3.09. The molecule has 6 heteroatoms. The molecular weight excluding hydrogens is 258 g/mol. The van der Waals surface area contributed by atoms with Gasteiger partial charge in [0, 0.05) is 43.2 Å². The highest BCUT2D eigenvalue weighted by molar-refractivity contribution is 5.43. The Hall–Kier alpha value is -2.13. The number of hydrogen-bond donors (Lipinski definition) is 0. The van der Waals surface area contributed by atoms with Crippen LogP contribution in [0.3, 0.4) is 0 Å². The number of nitrogens with zero attached hydrogens (tertiary/aromatic N) is 3. The van der Waals surface area contributed by atoms with Crippen molar-refractivity contribution in [3.8, 4) is 11.8 Å². The van der Waals surface area contributed by atoms with Gasteiger partial charge in [0.1, 0.15) is 5.75 Å². The molecule has 6 nitrogen and oxygen atoms in total. The van der Waals surface area contributed by atoms with E-state index >= 15 is 0 Å². The molecule has 0 unspecified atom stereocenters.